The number of rotatable bonds is 15. The van der Waals surface area contributed by atoms with Crippen molar-refractivity contribution in [3.8, 4) is 5.75 Å². The van der Waals surface area contributed by atoms with Crippen molar-refractivity contribution in [2.24, 2.45) is 72.9 Å². The largest absolute Gasteiger partial charge is 0.508 e. The maximum Gasteiger partial charge on any atom is 0.347 e. The number of ether oxygens (including phenoxy) is 3. The van der Waals surface area contributed by atoms with Crippen molar-refractivity contribution in [3.63, 3.8) is 0 Å². The average molecular weight is 835 g/mol. The van der Waals surface area contributed by atoms with Crippen LogP contribution in [0.4, 0.5) is 0 Å². The second kappa shape index (κ2) is 15.9. The SMILES string of the molecule is CC(C)C1(OC(=O)C(C)(CC(C)(C)C(C)(C)C(C)(CC(C)(C)C(C)(C)C(CC(C)(C)C)c2ccc(O)cc2)C(=O)OC2CCOC2=O)C(C)(C)C)C2CC3CC(C2)CC1C3. The Kier molecular flexibility index (Phi) is 12.8. The Morgan fingerprint density at radius 1 is 0.733 bits per heavy atom. The van der Waals surface area contributed by atoms with E-state index in [2.05, 4.69) is 118 Å². The predicted octanol–water partition coefficient (Wildman–Crippen LogP) is 13.1. The molecule has 5 aliphatic rings. The molecule has 1 aromatic carbocycles. The van der Waals surface area contributed by atoms with Gasteiger partial charge in [-0.25, -0.2) is 4.79 Å². The fourth-order valence-corrected chi connectivity index (χ4v) is 13.0. The van der Waals surface area contributed by atoms with E-state index >= 15 is 9.59 Å². The van der Waals surface area contributed by atoms with Crippen molar-refractivity contribution in [1.29, 1.82) is 0 Å². The van der Waals surface area contributed by atoms with Gasteiger partial charge in [-0.1, -0.05) is 123 Å². The molecule has 5 fully saturated rings. The molecular formula is C53H86O7. The summed E-state index contributed by atoms with van der Waals surface area (Å²) >= 11 is 0. The van der Waals surface area contributed by atoms with Crippen LogP contribution in [0.25, 0.3) is 0 Å². The molecule has 7 heteroatoms. The van der Waals surface area contributed by atoms with E-state index in [1.807, 2.05) is 19.1 Å². The molecule has 6 rings (SSSR count). The molecule has 4 bridgehead atoms. The van der Waals surface area contributed by atoms with Crippen molar-refractivity contribution >= 4 is 17.9 Å². The highest BCUT2D eigenvalue weighted by Gasteiger charge is 2.65. The van der Waals surface area contributed by atoms with E-state index in [0.29, 0.717) is 31.1 Å². The number of hydrogen-bond acceptors (Lipinski definition) is 7. The summed E-state index contributed by atoms with van der Waals surface area (Å²) in [6, 6.07) is 7.61. The van der Waals surface area contributed by atoms with E-state index in [1.165, 1.54) is 6.42 Å². The van der Waals surface area contributed by atoms with Gasteiger partial charge in [-0.3, -0.25) is 9.59 Å². The number of aromatic hydroxyl groups is 1. The van der Waals surface area contributed by atoms with Gasteiger partial charge < -0.3 is 19.3 Å². The molecule has 4 atom stereocenters. The fourth-order valence-electron chi connectivity index (χ4n) is 13.0. The van der Waals surface area contributed by atoms with Crippen molar-refractivity contribution in [2.45, 2.75) is 200 Å². The third-order valence-electron chi connectivity index (χ3n) is 18.7. The minimum Gasteiger partial charge on any atom is -0.508 e. The molecule has 1 heterocycles. The van der Waals surface area contributed by atoms with Crippen LogP contribution in [-0.4, -0.2) is 41.3 Å². The Labute approximate surface area is 365 Å². The zero-order valence-corrected chi connectivity index (χ0v) is 41.3. The third kappa shape index (κ3) is 8.45. The Bertz CT molecular complexity index is 1700. The number of carbonyl (C=O) groups is 3. The third-order valence-corrected chi connectivity index (χ3v) is 18.7. The molecule has 1 saturated heterocycles. The zero-order chi connectivity index (χ0) is 45.4. The molecule has 1 aromatic rings. The van der Waals surface area contributed by atoms with Gasteiger partial charge in [-0.05, 0) is 151 Å². The Morgan fingerprint density at radius 3 is 1.67 bits per heavy atom. The minimum absolute atomic E-state index is 0.000926. The van der Waals surface area contributed by atoms with Crippen LogP contribution in [0.5, 0.6) is 5.75 Å². The van der Waals surface area contributed by atoms with Crippen LogP contribution in [0.2, 0.25) is 0 Å². The quantitative estimate of drug-likeness (QED) is 0.139. The molecule has 4 aliphatic carbocycles. The summed E-state index contributed by atoms with van der Waals surface area (Å²) in [5, 5.41) is 10.3. The summed E-state index contributed by atoms with van der Waals surface area (Å²) in [6.45, 7) is 40.2. The lowest BCUT2D eigenvalue weighted by atomic mass is 9.44. The molecule has 1 N–H and O–H groups in total. The first-order chi connectivity index (χ1) is 27.1. The summed E-state index contributed by atoms with van der Waals surface area (Å²) < 4.78 is 18.8. The lowest BCUT2D eigenvalue weighted by Crippen LogP contribution is -2.64. The predicted molar refractivity (Wildman–Crippen MR) is 241 cm³/mol. The van der Waals surface area contributed by atoms with Crippen LogP contribution in [0, 0.1) is 72.9 Å². The van der Waals surface area contributed by atoms with Gasteiger partial charge in [-0.15, -0.1) is 0 Å². The molecule has 60 heavy (non-hydrogen) atoms. The van der Waals surface area contributed by atoms with Crippen LogP contribution in [0.15, 0.2) is 24.3 Å². The molecule has 340 valence electrons. The van der Waals surface area contributed by atoms with Gasteiger partial charge in [0.05, 0.1) is 17.4 Å². The maximum absolute atomic E-state index is 15.4. The first kappa shape index (κ1) is 48.5. The number of carbonyl (C=O) groups excluding carboxylic acids is 3. The number of hydrogen-bond donors (Lipinski definition) is 1. The zero-order valence-electron chi connectivity index (χ0n) is 41.3. The van der Waals surface area contributed by atoms with Gasteiger partial charge in [0, 0.05) is 6.42 Å². The number of esters is 3. The molecule has 1 aliphatic heterocycles. The summed E-state index contributed by atoms with van der Waals surface area (Å²) in [6.07, 6.45) is 7.21. The van der Waals surface area contributed by atoms with E-state index in [-0.39, 0.29) is 41.0 Å². The lowest BCUT2D eigenvalue weighted by Gasteiger charge is -2.63. The Hall–Kier alpha value is -2.57. The molecular weight excluding hydrogens is 749 g/mol. The van der Waals surface area contributed by atoms with E-state index in [0.717, 1.165) is 49.5 Å². The monoisotopic (exact) mass is 835 g/mol. The van der Waals surface area contributed by atoms with Crippen LogP contribution in [0.3, 0.4) is 0 Å². The number of benzene rings is 1. The van der Waals surface area contributed by atoms with Gasteiger partial charge in [-0.2, -0.15) is 0 Å². The van der Waals surface area contributed by atoms with Crippen molar-refractivity contribution < 1.29 is 33.7 Å². The molecule has 4 saturated carbocycles. The minimum atomic E-state index is -1.12. The lowest BCUT2D eigenvalue weighted by molar-refractivity contribution is -0.239. The highest BCUT2D eigenvalue weighted by atomic mass is 16.6. The molecule has 0 radical (unpaired) electrons. The fraction of sp³-hybridized carbons (Fsp3) is 0.830. The van der Waals surface area contributed by atoms with Crippen LogP contribution in [-0.2, 0) is 28.6 Å². The van der Waals surface area contributed by atoms with E-state index in [4.69, 9.17) is 14.2 Å². The van der Waals surface area contributed by atoms with Crippen LogP contribution >= 0.6 is 0 Å². The maximum atomic E-state index is 15.4. The first-order valence-corrected chi connectivity index (χ1v) is 23.6. The second-order valence-corrected chi connectivity index (χ2v) is 25.8. The van der Waals surface area contributed by atoms with Crippen molar-refractivity contribution in [3.05, 3.63) is 29.8 Å². The molecule has 0 amide bonds. The smallest absolute Gasteiger partial charge is 0.347 e. The molecule has 7 nitrogen and oxygen atoms in total. The number of cyclic esters (lactones) is 1. The molecule has 0 spiro atoms. The number of phenolic OH excluding ortho intramolecular Hbond substituents is 1. The summed E-state index contributed by atoms with van der Waals surface area (Å²) in [5.74, 6) is 1.86. The van der Waals surface area contributed by atoms with Gasteiger partial charge in [0.1, 0.15) is 11.4 Å². The van der Waals surface area contributed by atoms with E-state index < -0.39 is 56.1 Å². The normalized spacial score (nSPS) is 28.9. The summed E-state index contributed by atoms with van der Waals surface area (Å²) in [5.41, 5.74) is -3.99. The Balaban J connectivity index is 1.57. The van der Waals surface area contributed by atoms with E-state index in [9.17, 15) is 9.90 Å². The topological polar surface area (TPSA) is 99.1 Å². The summed E-state index contributed by atoms with van der Waals surface area (Å²) in [4.78, 5) is 43.5. The van der Waals surface area contributed by atoms with Gasteiger partial charge >= 0.3 is 17.9 Å². The highest BCUT2D eigenvalue weighted by Crippen LogP contribution is 2.66. The highest BCUT2D eigenvalue weighted by molar-refractivity contribution is 5.84. The number of phenols is 1. The van der Waals surface area contributed by atoms with Crippen LogP contribution < -0.4 is 0 Å². The van der Waals surface area contributed by atoms with E-state index in [1.54, 1.807) is 12.1 Å². The van der Waals surface area contributed by atoms with Crippen LogP contribution in [0.1, 0.15) is 194 Å². The van der Waals surface area contributed by atoms with Crippen molar-refractivity contribution in [2.75, 3.05) is 6.61 Å². The average Bonchev–Trinajstić information content (AvgIpc) is 3.50. The Morgan fingerprint density at radius 2 is 1.23 bits per heavy atom. The summed E-state index contributed by atoms with van der Waals surface area (Å²) in [7, 11) is 0. The molecule has 4 unspecified atom stereocenters. The van der Waals surface area contributed by atoms with Gasteiger partial charge in [0.2, 0.25) is 6.10 Å². The first-order valence-electron chi connectivity index (χ1n) is 23.6. The second-order valence-electron chi connectivity index (χ2n) is 25.8. The molecule has 0 aromatic heterocycles. The van der Waals surface area contributed by atoms with Gasteiger partial charge in [0.25, 0.3) is 0 Å². The van der Waals surface area contributed by atoms with Gasteiger partial charge in [0.15, 0.2) is 0 Å². The standard InChI is InChI=1S/C53H86O7/c1-33(2)53(37-26-34-25-35(28-37)29-38(53)27-34)60-44(57)51(17,46(6,7)8)32-48(11,12)50(15,16)52(18,43(56)59-41-23-24-58-42(41)55)31-47(9,10)49(13,14)40(30-45(3,4)5)36-19-21-39(54)22-20-36/h19-22,33-35,37-38,40-41,54H,23-32H2,1-18H3. The van der Waals surface area contributed by atoms with Crippen molar-refractivity contribution in [1.82, 2.24) is 0 Å².